The van der Waals surface area contributed by atoms with E-state index in [0.717, 1.165) is 19.5 Å². The number of carbonyl (C=O) groups excluding carboxylic acids is 1. The fraction of sp³-hybridized carbons (Fsp3) is 0.462. The second-order valence-corrected chi connectivity index (χ2v) is 4.56. The van der Waals surface area contributed by atoms with Crippen LogP contribution in [0.1, 0.15) is 6.42 Å². The summed E-state index contributed by atoms with van der Waals surface area (Å²) in [7, 11) is 2.03. The van der Waals surface area contributed by atoms with Crippen LogP contribution in [0.4, 0.5) is 4.39 Å². The molecule has 1 heterocycles. The van der Waals surface area contributed by atoms with E-state index in [2.05, 4.69) is 10.2 Å². The number of amides is 1. The Morgan fingerprint density at radius 3 is 2.83 bits per heavy atom. The Balaban J connectivity index is 1.73. The predicted octanol–water partition coefficient (Wildman–Crippen LogP) is 1.02. The first-order valence-corrected chi connectivity index (χ1v) is 6.00. The van der Waals surface area contributed by atoms with Crippen molar-refractivity contribution in [2.75, 3.05) is 26.7 Å². The summed E-state index contributed by atoms with van der Waals surface area (Å²) in [6.45, 7) is 1.85. The van der Waals surface area contributed by atoms with E-state index in [1.165, 1.54) is 24.3 Å². The minimum atomic E-state index is -0.319. The Morgan fingerprint density at radius 1 is 1.50 bits per heavy atom. The zero-order valence-electron chi connectivity index (χ0n) is 10.4. The molecule has 4 nitrogen and oxygen atoms in total. The van der Waals surface area contributed by atoms with Crippen LogP contribution in [0.3, 0.4) is 0 Å². The summed E-state index contributed by atoms with van der Waals surface area (Å²) in [6, 6.07) is 5.83. The van der Waals surface area contributed by atoms with E-state index in [-0.39, 0.29) is 24.4 Å². The number of benzene rings is 1. The number of hydrogen-bond acceptors (Lipinski definition) is 3. The third kappa shape index (κ3) is 3.70. The maximum Gasteiger partial charge on any atom is 0.258 e. The summed E-state index contributed by atoms with van der Waals surface area (Å²) in [4.78, 5) is 13.8. The molecule has 1 fully saturated rings. The highest BCUT2D eigenvalue weighted by atomic mass is 19.1. The van der Waals surface area contributed by atoms with Gasteiger partial charge in [-0.15, -0.1) is 0 Å². The van der Waals surface area contributed by atoms with E-state index in [1.807, 2.05) is 7.05 Å². The van der Waals surface area contributed by atoms with Crippen molar-refractivity contribution in [3.8, 4) is 5.75 Å². The molecule has 18 heavy (non-hydrogen) atoms. The molecule has 1 atom stereocenters. The predicted molar refractivity (Wildman–Crippen MR) is 65.9 cm³/mol. The van der Waals surface area contributed by atoms with Gasteiger partial charge in [0, 0.05) is 12.6 Å². The molecule has 5 heteroatoms. The van der Waals surface area contributed by atoms with E-state index in [9.17, 15) is 9.18 Å². The van der Waals surface area contributed by atoms with Crippen molar-refractivity contribution in [3.63, 3.8) is 0 Å². The van der Waals surface area contributed by atoms with Crippen molar-refractivity contribution in [2.45, 2.75) is 12.5 Å². The van der Waals surface area contributed by atoms with Crippen molar-refractivity contribution in [1.29, 1.82) is 0 Å². The van der Waals surface area contributed by atoms with Crippen molar-refractivity contribution in [1.82, 2.24) is 10.2 Å². The molecule has 0 aromatic heterocycles. The summed E-state index contributed by atoms with van der Waals surface area (Å²) < 4.78 is 17.9. The Hall–Kier alpha value is -1.62. The molecule has 1 aromatic carbocycles. The lowest BCUT2D eigenvalue weighted by molar-refractivity contribution is -0.123. The van der Waals surface area contributed by atoms with E-state index >= 15 is 0 Å². The molecule has 1 aliphatic rings. The van der Waals surface area contributed by atoms with Crippen LogP contribution in [-0.2, 0) is 4.79 Å². The van der Waals surface area contributed by atoms with Gasteiger partial charge in [0.05, 0.1) is 0 Å². The van der Waals surface area contributed by atoms with Gasteiger partial charge in [0.15, 0.2) is 6.61 Å². The van der Waals surface area contributed by atoms with Crippen LogP contribution in [-0.4, -0.2) is 43.6 Å². The van der Waals surface area contributed by atoms with Crippen LogP contribution < -0.4 is 10.1 Å². The molecule has 0 aliphatic carbocycles. The maximum atomic E-state index is 12.7. The first-order valence-electron chi connectivity index (χ1n) is 6.00. The lowest BCUT2D eigenvalue weighted by atomic mass is 10.2. The average molecular weight is 252 g/mol. The number of likely N-dealkylation sites (tertiary alicyclic amines) is 1. The summed E-state index contributed by atoms with van der Waals surface area (Å²) in [5, 5.41) is 2.91. The molecule has 0 bridgehead atoms. The van der Waals surface area contributed by atoms with Crippen LogP contribution in [0, 0.1) is 5.82 Å². The molecule has 0 spiro atoms. The van der Waals surface area contributed by atoms with Crippen LogP contribution in [0.25, 0.3) is 0 Å². The van der Waals surface area contributed by atoms with Gasteiger partial charge >= 0.3 is 0 Å². The van der Waals surface area contributed by atoms with Gasteiger partial charge in [0.25, 0.3) is 5.91 Å². The number of likely N-dealkylation sites (N-methyl/N-ethyl adjacent to an activating group) is 1. The first kappa shape index (κ1) is 12.8. The molecular weight excluding hydrogens is 235 g/mol. The highest BCUT2D eigenvalue weighted by Gasteiger charge is 2.20. The summed E-state index contributed by atoms with van der Waals surface area (Å²) in [5.74, 6) is 0.0375. The quantitative estimate of drug-likeness (QED) is 0.870. The van der Waals surface area contributed by atoms with Gasteiger partial charge in [0.1, 0.15) is 11.6 Å². The normalized spacial score (nSPS) is 19.8. The maximum absolute atomic E-state index is 12.7. The first-order chi connectivity index (χ1) is 8.63. The van der Waals surface area contributed by atoms with E-state index < -0.39 is 0 Å². The number of nitrogens with zero attached hydrogens (tertiary/aromatic N) is 1. The monoisotopic (exact) mass is 252 g/mol. The topological polar surface area (TPSA) is 41.6 Å². The van der Waals surface area contributed by atoms with Gasteiger partial charge in [0.2, 0.25) is 0 Å². The van der Waals surface area contributed by atoms with Crippen LogP contribution in [0.15, 0.2) is 24.3 Å². The second kappa shape index (κ2) is 5.82. The molecular formula is C13H17FN2O2. The molecule has 1 unspecified atom stereocenters. The SMILES string of the molecule is CN1CCC(NC(=O)COc2ccc(F)cc2)C1. The Kier molecular flexibility index (Phi) is 4.15. The van der Waals surface area contributed by atoms with Crippen molar-refractivity contribution in [2.24, 2.45) is 0 Å². The number of ether oxygens (including phenoxy) is 1. The highest BCUT2D eigenvalue weighted by Crippen LogP contribution is 2.11. The largest absolute Gasteiger partial charge is 0.484 e. The highest BCUT2D eigenvalue weighted by molar-refractivity contribution is 5.77. The molecule has 0 saturated carbocycles. The molecule has 1 aliphatic heterocycles. The molecule has 1 amide bonds. The zero-order chi connectivity index (χ0) is 13.0. The third-order valence-corrected chi connectivity index (χ3v) is 2.94. The minimum absolute atomic E-state index is 0.0359. The molecule has 0 radical (unpaired) electrons. The molecule has 1 saturated heterocycles. The standard InChI is InChI=1S/C13H17FN2O2/c1-16-7-6-11(8-16)15-13(17)9-18-12-4-2-10(14)3-5-12/h2-5,11H,6-9H2,1H3,(H,15,17). The number of rotatable bonds is 4. The smallest absolute Gasteiger partial charge is 0.258 e. The molecule has 1 aromatic rings. The summed E-state index contributed by atoms with van der Waals surface area (Å²) in [5.41, 5.74) is 0. The van der Waals surface area contributed by atoms with Crippen LogP contribution in [0.5, 0.6) is 5.75 Å². The van der Waals surface area contributed by atoms with E-state index in [1.54, 1.807) is 0 Å². The van der Waals surface area contributed by atoms with Crippen LogP contribution >= 0.6 is 0 Å². The van der Waals surface area contributed by atoms with Crippen molar-refractivity contribution < 1.29 is 13.9 Å². The van der Waals surface area contributed by atoms with E-state index in [4.69, 9.17) is 4.74 Å². The third-order valence-electron chi connectivity index (χ3n) is 2.94. The van der Waals surface area contributed by atoms with Gasteiger partial charge in [-0.1, -0.05) is 0 Å². The van der Waals surface area contributed by atoms with Gasteiger partial charge in [-0.2, -0.15) is 0 Å². The number of halogens is 1. The summed E-state index contributed by atoms with van der Waals surface area (Å²) >= 11 is 0. The van der Waals surface area contributed by atoms with E-state index in [0.29, 0.717) is 5.75 Å². The van der Waals surface area contributed by atoms with Gasteiger partial charge < -0.3 is 15.0 Å². The van der Waals surface area contributed by atoms with Crippen molar-refractivity contribution in [3.05, 3.63) is 30.1 Å². The van der Waals surface area contributed by atoms with Gasteiger partial charge in [-0.05, 0) is 44.3 Å². The zero-order valence-corrected chi connectivity index (χ0v) is 10.4. The number of carbonyl (C=O) groups is 1. The summed E-state index contributed by atoms with van der Waals surface area (Å²) in [6.07, 6.45) is 0.971. The average Bonchev–Trinajstić information content (AvgIpc) is 2.74. The van der Waals surface area contributed by atoms with Crippen molar-refractivity contribution >= 4 is 5.91 Å². The molecule has 1 N–H and O–H groups in total. The Bertz CT molecular complexity index is 408. The molecule has 2 rings (SSSR count). The lowest BCUT2D eigenvalue weighted by Gasteiger charge is -2.13. The fourth-order valence-electron chi connectivity index (χ4n) is 2.00. The lowest BCUT2D eigenvalue weighted by Crippen LogP contribution is -2.39. The van der Waals surface area contributed by atoms with Crippen LogP contribution in [0.2, 0.25) is 0 Å². The number of nitrogens with one attached hydrogen (secondary N) is 1. The number of hydrogen-bond donors (Lipinski definition) is 1. The molecule has 98 valence electrons. The second-order valence-electron chi connectivity index (χ2n) is 4.56. The fourth-order valence-corrected chi connectivity index (χ4v) is 2.00. The minimum Gasteiger partial charge on any atom is -0.484 e. The van der Waals surface area contributed by atoms with Gasteiger partial charge in [-0.3, -0.25) is 4.79 Å². The Morgan fingerprint density at radius 2 is 2.22 bits per heavy atom. The van der Waals surface area contributed by atoms with Gasteiger partial charge in [-0.25, -0.2) is 4.39 Å². The Labute approximate surface area is 106 Å².